The molecule has 1 amide bonds. The molecule has 0 spiro atoms. The Labute approximate surface area is 143 Å². The van der Waals surface area contributed by atoms with Crippen LogP contribution in [0.25, 0.3) is 0 Å². The van der Waals surface area contributed by atoms with E-state index < -0.39 is 22.8 Å². The zero-order chi connectivity index (χ0) is 18.7. The molecule has 1 aliphatic heterocycles. The maximum atomic E-state index is 12.4. The van der Waals surface area contributed by atoms with Crippen molar-refractivity contribution in [1.29, 1.82) is 0 Å². The van der Waals surface area contributed by atoms with Gasteiger partial charge >= 0.3 is 6.18 Å². The number of hydrogen-bond donors (Lipinski definition) is 0. The predicted octanol–water partition coefficient (Wildman–Crippen LogP) is 1.27. The first kappa shape index (κ1) is 19.4. The van der Waals surface area contributed by atoms with Gasteiger partial charge in [0.25, 0.3) is 0 Å². The van der Waals surface area contributed by atoms with Crippen LogP contribution in [0.4, 0.5) is 13.2 Å². The molecule has 0 N–H and O–H groups in total. The number of carbonyl (C=O) groups is 1. The molecule has 1 aromatic rings. The highest BCUT2D eigenvalue weighted by atomic mass is 32.2. The minimum atomic E-state index is -4.50. The first-order valence-corrected chi connectivity index (χ1v) is 8.93. The lowest BCUT2D eigenvalue weighted by molar-refractivity contribution is -0.154. The molecule has 2 rings (SSSR count). The quantitative estimate of drug-likeness (QED) is 0.711. The average Bonchev–Trinajstić information content (AvgIpc) is 2.95. The Bertz CT molecular complexity index is 707. The topological polar surface area (TPSA) is 79.8 Å². The smallest absolute Gasteiger partial charge is 0.422 e. The molecule has 0 atom stereocenters. The highest BCUT2D eigenvalue weighted by molar-refractivity contribution is 7.89. The third-order valence-electron chi connectivity index (χ3n) is 3.66. The van der Waals surface area contributed by atoms with Crippen LogP contribution in [-0.4, -0.2) is 68.0 Å². The molecule has 0 aliphatic carbocycles. The summed E-state index contributed by atoms with van der Waals surface area (Å²) >= 11 is 0. The van der Waals surface area contributed by atoms with Crippen molar-refractivity contribution in [2.75, 3.05) is 33.3 Å². The van der Waals surface area contributed by atoms with E-state index in [0.29, 0.717) is 13.0 Å². The van der Waals surface area contributed by atoms with Crippen molar-refractivity contribution in [3.05, 3.63) is 18.3 Å². The number of nitrogens with zero attached hydrogens (tertiary/aromatic N) is 3. The normalized spacial score (nSPS) is 15.9. The molecule has 7 nitrogen and oxygen atoms in total. The van der Waals surface area contributed by atoms with Gasteiger partial charge < -0.3 is 9.64 Å². The van der Waals surface area contributed by atoms with Crippen molar-refractivity contribution in [3.63, 3.8) is 0 Å². The molecule has 0 radical (unpaired) electrons. The largest absolute Gasteiger partial charge is 0.468 e. The van der Waals surface area contributed by atoms with Crippen LogP contribution in [0.3, 0.4) is 0 Å². The highest BCUT2D eigenvalue weighted by Crippen LogP contribution is 2.19. The monoisotopic (exact) mass is 381 g/mol. The zero-order valence-electron chi connectivity index (χ0n) is 13.5. The molecule has 0 bridgehead atoms. The standard InChI is InChI=1S/C14H18F3N3O4S/c1-19(7-8-20-6-2-3-13(20)21)25(22,23)11-4-5-12(18-9-11)24-10-14(15,16)17/h4-5,9H,2-3,6-8,10H2,1H3. The lowest BCUT2D eigenvalue weighted by Gasteiger charge is -2.21. The van der Waals surface area contributed by atoms with E-state index in [0.717, 1.165) is 29.1 Å². The number of halogens is 3. The number of pyridine rings is 1. The first-order valence-electron chi connectivity index (χ1n) is 7.49. The van der Waals surface area contributed by atoms with Crippen molar-refractivity contribution in [1.82, 2.24) is 14.2 Å². The van der Waals surface area contributed by atoms with Crippen molar-refractivity contribution in [2.24, 2.45) is 0 Å². The van der Waals surface area contributed by atoms with E-state index in [9.17, 15) is 26.4 Å². The summed E-state index contributed by atoms with van der Waals surface area (Å²) in [5.74, 6) is -0.319. The Morgan fingerprint density at radius 1 is 1.36 bits per heavy atom. The Kier molecular flexibility index (Phi) is 5.88. The molecule has 140 valence electrons. The fraction of sp³-hybridized carbons (Fsp3) is 0.571. The molecule has 0 unspecified atom stereocenters. The van der Waals surface area contributed by atoms with E-state index in [4.69, 9.17) is 0 Å². The third kappa shape index (κ3) is 5.30. The highest BCUT2D eigenvalue weighted by Gasteiger charge is 2.29. The second-order valence-electron chi connectivity index (χ2n) is 5.55. The second kappa shape index (κ2) is 7.56. The van der Waals surface area contributed by atoms with Crippen molar-refractivity contribution < 1.29 is 31.1 Å². The number of aromatic nitrogens is 1. The van der Waals surface area contributed by atoms with Crippen LogP contribution in [0.1, 0.15) is 12.8 Å². The van der Waals surface area contributed by atoms with Crippen molar-refractivity contribution >= 4 is 15.9 Å². The average molecular weight is 381 g/mol. The van der Waals surface area contributed by atoms with Crippen molar-refractivity contribution in [2.45, 2.75) is 23.9 Å². The lowest BCUT2D eigenvalue weighted by Crippen LogP contribution is -2.36. The number of amides is 1. The van der Waals surface area contributed by atoms with Gasteiger partial charge in [-0.05, 0) is 12.5 Å². The number of carbonyl (C=O) groups excluding carboxylic acids is 1. The number of hydrogen-bond acceptors (Lipinski definition) is 5. The maximum Gasteiger partial charge on any atom is 0.422 e. The molecular formula is C14H18F3N3O4S. The van der Waals surface area contributed by atoms with Gasteiger partial charge in [0.05, 0.1) is 6.20 Å². The van der Waals surface area contributed by atoms with Gasteiger partial charge in [0.2, 0.25) is 21.8 Å². The van der Waals surface area contributed by atoms with E-state index >= 15 is 0 Å². The van der Waals surface area contributed by atoms with Gasteiger partial charge in [-0.2, -0.15) is 17.5 Å². The SMILES string of the molecule is CN(CCN1CCCC1=O)S(=O)(=O)c1ccc(OCC(F)(F)F)nc1. The Hall–Kier alpha value is -1.88. The van der Waals surface area contributed by atoms with Crippen LogP contribution < -0.4 is 4.74 Å². The van der Waals surface area contributed by atoms with Crippen LogP contribution in [0.15, 0.2) is 23.2 Å². The summed E-state index contributed by atoms with van der Waals surface area (Å²) in [6.45, 7) is -0.495. The summed E-state index contributed by atoms with van der Waals surface area (Å²) in [6, 6.07) is 2.20. The number of likely N-dealkylation sites (N-methyl/N-ethyl adjacent to an activating group) is 1. The summed E-state index contributed by atoms with van der Waals surface area (Å²) in [4.78, 5) is 16.5. The maximum absolute atomic E-state index is 12.4. The molecule has 11 heteroatoms. The number of sulfonamides is 1. The Balaban J connectivity index is 1.96. The molecule has 2 heterocycles. The van der Waals surface area contributed by atoms with Gasteiger partial charge in [0.15, 0.2) is 6.61 Å². The molecule has 1 saturated heterocycles. The Morgan fingerprint density at radius 3 is 2.60 bits per heavy atom. The summed E-state index contributed by atoms with van der Waals surface area (Å²) in [5, 5.41) is 0. The minimum Gasteiger partial charge on any atom is -0.468 e. The number of ether oxygens (including phenoxy) is 1. The molecular weight excluding hydrogens is 363 g/mol. The summed E-state index contributed by atoms with van der Waals surface area (Å²) < 4.78 is 66.5. The van der Waals surface area contributed by atoms with Gasteiger partial charge in [-0.15, -0.1) is 0 Å². The molecule has 1 fully saturated rings. The van der Waals surface area contributed by atoms with Gasteiger partial charge in [-0.25, -0.2) is 13.4 Å². The second-order valence-corrected chi connectivity index (χ2v) is 7.59. The third-order valence-corrected chi connectivity index (χ3v) is 5.50. The number of likely N-dealkylation sites (tertiary alicyclic amines) is 1. The summed E-state index contributed by atoms with van der Waals surface area (Å²) in [7, 11) is -2.49. The number of rotatable bonds is 7. The molecule has 1 aliphatic rings. The minimum absolute atomic E-state index is 0.00127. The molecule has 25 heavy (non-hydrogen) atoms. The lowest BCUT2D eigenvalue weighted by atomic mass is 10.4. The van der Waals surface area contributed by atoms with Crippen LogP contribution >= 0.6 is 0 Å². The predicted molar refractivity (Wildman–Crippen MR) is 81.4 cm³/mol. The van der Waals surface area contributed by atoms with Gasteiger partial charge in [0.1, 0.15) is 4.90 Å². The van der Waals surface area contributed by atoms with E-state index in [-0.39, 0.29) is 29.8 Å². The van der Waals surface area contributed by atoms with Crippen LogP contribution in [0.5, 0.6) is 5.88 Å². The van der Waals surface area contributed by atoms with Crippen LogP contribution in [-0.2, 0) is 14.8 Å². The molecule has 1 aromatic heterocycles. The molecule has 0 saturated carbocycles. The van der Waals surface area contributed by atoms with Crippen molar-refractivity contribution in [3.8, 4) is 5.88 Å². The van der Waals surface area contributed by atoms with Gasteiger partial charge in [0, 0.05) is 39.2 Å². The molecule has 0 aromatic carbocycles. The van der Waals surface area contributed by atoms with E-state index in [2.05, 4.69) is 9.72 Å². The summed E-state index contributed by atoms with van der Waals surface area (Å²) in [6.07, 6.45) is -2.32. The fourth-order valence-electron chi connectivity index (χ4n) is 2.26. The first-order chi connectivity index (χ1) is 11.6. The van der Waals surface area contributed by atoms with Crippen LogP contribution in [0, 0.1) is 0 Å². The zero-order valence-corrected chi connectivity index (χ0v) is 14.3. The van der Waals surface area contributed by atoms with E-state index in [1.54, 1.807) is 4.90 Å². The van der Waals surface area contributed by atoms with E-state index in [1.807, 2.05) is 0 Å². The van der Waals surface area contributed by atoms with E-state index in [1.165, 1.54) is 7.05 Å². The Morgan fingerprint density at radius 2 is 2.08 bits per heavy atom. The van der Waals surface area contributed by atoms with Gasteiger partial charge in [-0.3, -0.25) is 4.79 Å². The number of alkyl halides is 3. The van der Waals surface area contributed by atoms with Crippen LogP contribution in [0.2, 0.25) is 0 Å². The summed E-state index contributed by atoms with van der Waals surface area (Å²) in [5.41, 5.74) is 0. The fourth-order valence-corrected chi connectivity index (χ4v) is 3.37. The van der Waals surface area contributed by atoms with Gasteiger partial charge in [-0.1, -0.05) is 0 Å².